The first-order valence-electron chi connectivity index (χ1n) is 9.73. The van der Waals surface area contributed by atoms with E-state index in [1.807, 2.05) is 30.5 Å². The van der Waals surface area contributed by atoms with Crippen LogP contribution in [0.25, 0.3) is 10.9 Å². The van der Waals surface area contributed by atoms with E-state index < -0.39 is 38.4 Å². The number of aromatic amines is 1. The quantitative estimate of drug-likeness (QED) is 0.488. The van der Waals surface area contributed by atoms with Crippen LogP contribution in [-0.2, 0) is 22.4 Å². The molecule has 0 amide bonds. The highest BCUT2D eigenvalue weighted by atomic mass is 32.2. The number of aromatic nitrogens is 1. The van der Waals surface area contributed by atoms with Crippen LogP contribution in [-0.4, -0.2) is 30.8 Å². The maximum atomic E-state index is 13.1. The third kappa shape index (κ3) is 4.23. The predicted molar refractivity (Wildman–Crippen MR) is 105 cm³/mol. The van der Waals surface area contributed by atoms with Crippen molar-refractivity contribution in [3.05, 3.63) is 65.4 Å². The number of piperidine rings is 1. The number of alkyl halides is 6. The van der Waals surface area contributed by atoms with Crippen LogP contribution in [0.5, 0.6) is 0 Å². The molecule has 1 fully saturated rings. The van der Waals surface area contributed by atoms with Gasteiger partial charge < -0.3 is 4.98 Å². The highest BCUT2D eigenvalue weighted by Gasteiger charge is 2.39. The van der Waals surface area contributed by atoms with Gasteiger partial charge in [0.15, 0.2) is 0 Å². The summed E-state index contributed by atoms with van der Waals surface area (Å²) in [7, 11) is -4.54. The van der Waals surface area contributed by atoms with Crippen LogP contribution >= 0.6 is 0 Å². The van der Waals surface area contributed by atoms with E-state index in [9.17, 15) is 34.8 Å². The van der Waals surface area contributed by atoms with Crippen molar-refractivity contribution in [1.82, 2.24) is 9.29 Å². The summed E-state index contributed by atoms with van der Waals surface area (Å²) in [5.74, 6) is 0.0184. The molecule has 0 aliphatic carbocycles. The second-order valence-electron chi connectivity index (χ2n) is 7.71. The van der Waals surface area contributed by atoms with Crippen molar-refractivity contribution >= 4 is 20.9 Å². The minimum Gasteiger partial charge on any atom is -0.361 e. The number of nitrogens with zero attached hydrogens (tertiary/aromatic N) is 1. The second kappa shape index (κ2) is 7.80. The van der Waals surface area contributed by atoms with Gasteiger partial charge in [0.2, 0.25) is 10.0 Å². The van der Waals surface area contributed by atoms with Gasteiger partial charge >= 0.3 is 12.4 Å². The van der Waals surface area contributed by atoms with Crippen LogP contribution in [0.1, 0.15) is 35.4 Å². The smallest absolute Gasteiger partial charge is 0.361 e. The zero-order valence-electron chi connectivity index (χ0n) is 16.5. The number of hydrogen-bond donors (Lipinski definition) is 1. The average Bonchev–Trinajstić information content (AvgIpc) is 3.16. The lowest BCUT2D eigenvalue weighted by molar-refractivity contribution is -0.143. The van der Waals surface area contributed by atoms with Gasteiger partial charge in [0, 0.05) is 30.2 Å². The van der Waals surface area contributed by atoms with E-state index in [1.54, 1.807) is 0 Å². The predicted octanol–water partition coefficient (Wildman–Crippen LogP) is 5.77. The fourth-order valence-corrected chi connectivity index (χ4v) is 5.60. The van der Waals surface area contributed by atoms with Gasteiger partial charge in [0.05, 0.1) is 16.0 Å². The summed E-state index contributed by atoms with van der Waals surface area (Å²) >= 11 is 0. The van der Waals surface area contributed by atoms with Crippen LogP contribution in [0.3, 0.4) is 0 Å². The highest BCUT2D eigenvalue weighted by molar-refractivity contribution is 7.89. The first kappa shape index (κ1) is 22.7. The molecule has 1 aromatic heterocycles. The number of fused-ring (bicyclic) bond motifs is 1. The van der Waals surface area contributed by atoms with E-state index in [-0.39, 0.29) is 37.2 Å². The molecule has 0 atom stereocenters. The van der Waals surface area contributed by atoms with E-state index in [4.69, 9.17) is 0 Å². The summed E-state index contributed by atoms with van der Waals surface area (Å²) in [6.45, 7) is -0.0196. The van der Waals surface area contributed by atoms with Crippen molar-refractivity contribution < 1.29 is 34.8 Å². The Morgan fingerprint density at radius 1 is 0.875 bits per heavy atom. The Balaban J connectivity index is 1.61. The first-order chi connectivity index (χ1) is 14.9. The van der Waals surface area contributed by atoms with Crippen molar-refractivity contribution in [2.75, 3.05) is 13.1 Å². The van der Waals surface area contributed by atoms with E-state index in [0.717, 1.165) is 20.8 Å². The number of H-pyrrole nitrogens is 1. The zero-order chi connectivity index (χ0) is 23.3. The monoisotopic (exact) mass is 476 g/mol. The molecule has 11 heteroatoms. The number of rotatable bonds is 3. The van der Waals surface area contributed by atoms with Gasteiger partial charge in [-0.05, 0) is 48.6 Å². The Hall–Kier alpha value is -2.53. The molecule has 172 valence electrons. The summed E-state index contributed by atoms with van der Waals surface area (Å²) < 4.78 is 106. The summed E-state index contributed by atoms with van der Waals surface area (Å²) in [5.41, 5.74) is -1.36. The molecule has 2 heterocycles. The minimum absolute atomic E-state index is 0.00982. The fourth-order valence-electron chi connectivity index (χ4n) is 4.06. The molecule has 4 rings (SSSR count). The Morgan fingerprint density at radius 2 is 1.44 bits per heavy atom. The number of benzene rings is 2. The molecule has 32 heavy (non-hydrogen) atoms. The fraction of sp³-hybridized carbons (Fsp3) is 0.333. The van der Waals surface area contributed by atoms with Crippen molar-refractivity contribution in [2.45, 2.75) is 36.0 Å². The van der Waals surface area contributed by atoms with E-state index in [2.05, 4.69) is 4.98 Å². The standard InChI is InChI=1S/C21H18F6N2O2S/c22-20(23,24)14-9-15(21(25,26)27)11-16(10-14)32(30,31)29-7-5-13(6-8-29)18-12-28-19-4-2-1-3-17(18)19/h1-4,9-13,28H,5-8H2. The Kier molecular flexibility index (Phi) is 5.52. The summed E-state index contributed by atoms with van der Waals surface area (Å²) in [6.07, 6.45) is -7.60. The number of halogens is 6. The van der Waals surface area contributed by atoms with Crippen LogP contribution < -0.4 is 0 Å². The maximum Gasteiger partial charge on any atom is 0.416 e. The molecule has 1 N–H and O–H groups in total. The second-order valence-corrected chi connectivity index (χ2v) is 9.65. The maximum absolute atomic E-state index is 13.1. The van der Waals surface area contributed by atoms with E-state index in [0.29, 0.717) is 12.8 Å². The Labute approximate surface area is 179 Å². The van der Waals surface area contributed by atoms with Gasteiger partial charge in [-0.25, -0.2) is 8.42 Å². The largest absolute Gasteiger partial charge is 0.416 e. The van der Waals surface area contributed by atoms with Crippen molar-refractivity contribution in [3.63, 3.8) is 0 Å². The molecule has 0 radical (unpaired) electrons. The van der Waals surface area contributed by atoms with Gasteiger partial charge in [-0.1, -0.05) is 18.2 Å². The lowest BCUT2D eigenvalue weighted by Crippen LogP contribution is -2.38. The molecule has 0 unspecified atom stereocenters. The van der Waals surface area contributed by atoms with Crippen molar-refractivity contribution in [3.8, 4) is 0 Å². The van der Waals surface area contributed by atoms with E-state index in [1.165, 1.54) is 0 Å². The highest BCUT2D eigenvalue weighted by Crippen LogP contribution is 2.39. The van der Waals surface area contributed by atoms with Crippen molar-refractivity contribution in [1.29, 1.82) is 0 Å². The van der Waals surface area contributed by atoms with Crippen LogP contribution in [0.2, 0.25) is 0 Å². The van der Waals surface area contributed by atoms with Gasteiger partial charge in [0.1, 0.15) is 0 Å². The molecule has 0 spiro atoms. The summed E-state index contributed by atoms with van der Waals surface area (Å²) in [6, 6.07) is 8.04. The lowest BCUT2D eigenvalue weighted by Gasteiger charge is -2.31. The van der Waals surface area contributed by atoms with Crippen LogP contribution in [0.15, 0.2) is 53.6 Å². The van der Waals surface area contributed by atoms with Gasteiger partial charge in [-0.3, -0.25) is 0 Å². The number of para-hydroxylation sites is 1. The number of sulfonamides is 1. The van der Waals surface area contributed by atoms with E-state index >= 15 is 0 Å². The minimum atomic E-state index is -5.12. The van der Waals surface area contributed by atoms with Gasteiger partial charge in [0.25, 0.3) is 0 Å². The molecule has 1 aliphatic rings. The summed E-state index contributed by atoms with van der Waals surface area (Å²) in [5, 5.41) is 1.00. The Morgan fingerprint density at radius 3 is 2.00 bits per heavy atom. The molecule has 3 aromatic rings. The molecule has 1 aliphatic heterocycles. The topological polar surface area (TPSA) is 53.2 Å². The molecular formula is C21H18F6N2O2S. The number of nitrogens with one attached hydrogen (secondary N) is 1. The van der Waals surface area contributed by atoms with Crippen molar-refractivity contribution in [2.24, 2.45) is 0 Å². The van der Waals surface area contributed by atoms with Crippen LogP contribution in [0.4, 0.5) is 26.3 Å². The normalized spacial score (nSPS) is 17.2. The molecular weight excluding hydrogens is 458 g/mol. The molecule has 1 saturated heterocycles. The Bertz CT molecular complexity index is 1210. The lowest BCUT2D eigenvalue weighted by atomic mass is 9.90. The first-order valence-corrected chi connectivity index (χ1v) is 11.2. The SMILES string of the molecule is O=S(=O)(c1cc(C(F)(F)F)cc(C(F)(F)F)c1)N1CCC(c2c[nH]c3ccccc23)CC1. The molecule has 0 bridgehead atoms. The average molecular weight is 476 g/mol. The third-order valence-corrected chi connectivity index (χ3v) is 7.59. The van der Waals surface area contributed by atoms with Gasteiger partial charge in [-0.2, -0.15) is 30.6 Å². The molecule has 2 aromatic carbocycles. The molecule has 0 saturated carbocycles. The number of hydrogen-bond acceptors (Lipinski definition) is 2. The van der Waals surface area contributed by atoms with Gasteiger partial charge in [-0.15, -0.1) is 0 Å². The van der Waals surface area contributed by atoms with Crippen LogP contribution in [0, 0.1) is 0 Å². The third-order valence-electron chi connectivity index (χ3n) is 5.71. The molecule has 4 nitrogen and oxygen atoms in total. The summed E-state index contributed by atoms with van der Waals surface area (Å²) in [4.78, 5) is 2.14. The zero-order valence-corrected chi connectivity index (χ0v) is 17.3.